The lowest BCUT2D eigenvalue weighted by atomic mass is 10.2. The number of nitrogens with zero attached hydrogens (tertiary/aromatic N) is 2. The molecule has 2 amide bonds. The molecule has 2 heterocycles. The molecule has 0 saturated carbocycles. The first kappa shape index (κ1) is 22.2. The number of sulfonamides is 1. The molecular formula is C19H24N4O5S2. The van der Waals surface area contributed by atoms with Gasteiger partial charge < -0.3 is 15.8 Å². The summed E-state index contributed by atoms with van der Waals surface area (Å²) in [6, 6.07) is 7.34. The number of amides is 2. The summed E-state index contributed by atoms with van der Waals surface area (Å²) < 4.78 is 32.2. The molecule has 0 spiro atoms. The Hall–Kier alpha value is -2.47. The average molecular weight is 453 g/mol. The second kappa shape index (κ2) is 9.13. The highest BCUT2D eigenvalue weighted by atomic mass is 32.2. The molecule has 1 aromatic carbocycles. The van der Waals surface area contributed by atoms with E-state index in [2.05, 4.69) is 5.32 Å². The minimum absolute atomic E-state index is 0.208. The van der Waals surface area contributed by atoms with Crippen LogP contribution in [0.2, 0.25) is 0 Å². The highest BCUT2D eigenvalue weighted by molar-refractivity contribution is 7.89. The number of anilines is 1. The molecule has 162 valence electrons. The lowest BCUT2D eigenvalue weighted by Crippen LogP contribution is -2.53. The minimum atomic E-state index is -3.61. The zero-order valence-corrected chi connectivity index (χ0v) is 18.3. The standard InChI is InChI=1S/C19H24N4O5S2/c1-13(18(25)21-19-16(17(20)24)7-12-29-19)22-8-10-23(11-9-22)30(26,27)15-5-3-14(28-2)4-6-15/h3-7,12-13H,8-11H2,1-2H3,(H2,20,24)(H,21,25)/t13-/m1/s1. The number of nitrogens with two attached hydrogens (primary N) is 1. The van der Waals surface area contributed by atoms with E-state index >= 15 is 0 Å². The molecule has 3 rings (SSSR count). The third kappa shape index (κ3) is 4.64. The topological polar surface area (TPSA) is 122 Å². The fraction of sp³-hybridized carbons (Fsp3) is 0.368. The molecule has 2 aromatic rings. The molecule has 1 fully saturated rings. The van der Waals surface area contributed by atoms with Crippen LogP contribution in [-0.4, -0.2) is 68.8 Å². The number of hydrogen-bond acceptors (Lipinski definition) is 7. The second-order valence-electron chi connectivity index (χ2n) is 6.81. The molecule has 0 bridgehead atoms. The summed E-state index contributed by atoms with van der Waals surface area (Å²) in [6.45, 7) is 3.13. The van der Waals surface area contributed by atoms with Crippen LogP contribution in [0.1, 0.15) is 17.3 Å². The summed E-state index contributed by atoms with van der Waals surface area (Å²) in [4.78, 5) is 26.1. The molecule has 1 atom stereocenters. The number of nitrogens with one attached hydrogen (secondary N) is 1. The van der Waals surface area contributed by atoms with Gasteiger partial charge >= 0.3 is 0 Å². The Kier molecular flexibility index (Phi) is 6.76. The molecule has 9 nitrogen and oxygen atoms in total. The Balaban J connectivity index is 1.60. The van der Waals surface area contributed by atoms with E-state index in [4.69, 9.17) is 10.5 Å². The van der Waals surface area contributed by atoms with Crippen molar-refractivity contribution in [3.05, 3.63) is 41.3 Å². The summed E-state index contributed by atoms with van der Waals surface area (Å²) in [7, 11) is -2.09. The summed E-state index contributed by atoms with van der Waals surface area (Å²) in [5.74, 6) is -0.285. The van der Waals surface area contributed by atoms with Gasteiger partial charge in [-0.1, -0.05) is 0 Å². The lowest BCUT2D eigenvalue weighted by molar-refractivity contribution is -0.121. The summed E-state index contributed by atoms with van der Waals surface area (Å²) in [6.07, 6.45) is 0. The normalized spacial score (nSPS) is 16.7. The number of carbonyl (C=O) groups excluding carboxylic acids is 2. The van der Waals surface area contributed by atoms with Crippen LogP contribution in [0, 0.1) is 0 Å². The lowest BCUT2D eigenvalue weighted by Gasteiger charge is -2.36. The van der Waals surface area contributed by atoms with E-state index in [9.17, 15) is 18.0 Å². The van der Waals surface area contributed by atoms with Gasteiger partial charge in [0, 0.05) is 26.2 Å². The predicted molar refractivity (Wildman–Crippen MR) is 114 cm³/mol. The summed E-state index contributed by atoms with van der Waals surface area (Å²) >= 11 is 1.23. The van der Waals surface area contributed by atoms with Crippen LogP contribution in [0.25, 0.3) is 0 Å². The number of benzene rings is 1. The fourth-order valence-corrected chi connectivity index (χ4v) is 5.43. The largest absolute Gasteiger partial charge is 0.497 e. The number of carbonyl (C=O) groups is 2. The Labute approximate surface area is 179 Å². The Morgan fingerprint density at radius 3 is 2.33 bits per heavy atom. The second-order valence-corrected chi connectivity index (χ2v) is 9.66. The van der Waals surface area contributed by atoms with Gasteiger partial charge in [0.25, 0.3) is 5.91 Å². The molecular weight excluding hydrogens is 428 g/mol. The van der Waals surface area contributed by atoms with E-state index in [0.29, 0.717) is 23.8 Å². The number of thiophene rings is 1. The van der Waals surface area contributed by atoms with Gasteiger partial charge in [-0.3, -0.25) is 14.5 Å². The maximum atomic E-state index is 12.9. The van der Waals surface area contributed by atoms with Crippen molar-refractivity contribution in [3.8, 4) is 5.75 Å². The van der Waals surface area contributed by atoms with E-state index in [1.807, 2.05) is 4.90 Å². The van der Waals surface area contributed by atoms with E-state index in [0.717, 1.165) is 0 Å². The van der Waals surface area contributed by atoms with Crippen LogP contribution in [-0.2, 0) is 14.8 Å². The summed E-state index contributed by atoms with van der Waals surface area (Å²) in [5, 5.41) is 4.84. The van der Waals surface area contributed by atoms with Crippen LogP contribution < -0.4 is 15.8 Å². The van der Waals surface area contributed by atoms with Gasteiger partial charge in [-0.15, -0.1) is 11.3 Å². The zero-order chi connectivity index (χ0) is 21.9. The van der Waals surface area contributed by atoms with Crippen molar-refractivity contribution >= 4 is 38.2 Å². The first-order chi connectivity index (χ1) is 14.2. The fourth-order valence-electron chi connectivity index (χ4n) is 3.21. The van der Waals surface area contributed by atoms with Crippen LogP contribution in [0.5, 0.6) is 5.75 Å². The average Bonchev–Trinajstić information content (AvgIpc) is 3.21. The van der Waals surface area contributed by atoms with Crippen molar-refractivity contribution in [1.82, 2.24) is 9.21 Å². The van der Waals surface area contributed by atoms with Gasteiger partial charge in [-0.05, 0) is 42.6 Å². The number of piperazine rings is 1. The molecule has 1 aliphatic heterocycles. The van der Waals surface area contributed by atoms with E-state index < -0.39 is 22.0 Å². The zero-order valence-electron chi connectivity index (χ0n) is 16.7. The van der Waals surface area contributed by atoms with Gasteiger partial charge in [-0.2, -0.15) is 4.31 Å². The van der Waals surface area contributed by atoms with Gasteiger partial charge in [0.1, 0.15) is 10.8 Å². The number of rotatable bonds is 7. The molecule has 3 N–H and O–H groups in total. The van der Waals surface area contributed by atoms with Gasteiger partial charge in [-0.25, -0.2) is 8.42 Å². The maximum Gasteiger partial charge on any atom is 0.251 e. The van der Waals surface area contributed by atoms with Gasteiger partial charge in [0.05, 0.1) is 23.6 Å². The molecule has 11 heteroatoms. The van der Waals surface area contributed by atoms with Crippen molar-refractivity contribution < 1.29 is 22.7 Å². The van der Waals surface area contributed by atoms with Crippen molar-refractivity contribution in [1.29, 1.82) is 0 Å². The Morgan fingerprint density at radius 1 is 1.13 bits per heavy atom. The number of ether oxygens (including phenoxy) is 1. The van der Waals surface area contributed by atoms with Gasteiger partial charge in [0.2, 0.25) is 15.9 Å². The Morgan fingerprint density at radius 2 is 1.77 bits per heavy atom. The van der Waals surface area contributed by atoms with Crippen molar-refractivity contribution in [2.75, 3.05) is 38.6 Å². The molecule has 0 unspecified atom stereocenters. The van der Waals surface area contributed by atoms with Gasteiger partial charge in [0.15, 0.2) is 0 Å². The summed E-state index contributed by atoms with van der Waals surface area (Å²) in [5.41, 5.74) is 5.58. The number of methoxy groups -OCH3 is 1. The van der Waals surface area contributed by atoms with Crippen LogP contribution in [0.3, 0.4) is 0 Å². The van der Waals surface area contributed by atoms with Crippen LogP contribution in [0.15, 0.2) is 40.6 Å². The molecule has 1 aromatic heterocycles. The monoisotopic (exact) mass is 452 g/mol. The highest BCUT2D eigenvalue weighted by Crippen LogP contribution is 2.24. The highest BCUT2D eigenvalue weighted by Gasteiger charge is 2.32. The minimum Gasteiger partial charge on any atom is -0.497 e. The van der Waals surface area contributed by atoms with Crippen LogP contribution in [0.4, 0.5) is 5.00 Å². The van der Waals surface area contributed by atoms with E-state index in [1.165, 1.54) is 34.9 Å². The first-order valence-corrected chi connectivity index (χ1v) is 11.6. The predicted octanol–water partition coefficient (Wildman–Crippen LogP) is 1.19. The third-order valence-corrected chi connectivity index (χ3v) is 7.81. The number of hydrogen-bond donors (Lipinski definition) is 2. The van der Waals surface area contributed by atoms with Crippen LogP contribution >= 0.6 is 11.3 Å². The molecule has 30 heavy (non-hydrogen) atoms. The molecule has 1 aliphatic rings. The maximum absolute atomic E-state index is 12.9. The van der Waals surface area contributed by atoms with E-state index in [1.54, 1.807) is 30.5 Å². The smallest absolute Gasteiger partial charge is 0.251 e. The molecule has 1 saturated heterocycles. The Bertz CT molecular complexity index is 1010. The van der Waals surface area contributed by atoms with Crippen molar-refractivity contribution in [2.24, 2.45) is 5.73 Å². The van der Waals surface area contributed by atoms with Crippen molar-refractivity contribution in [2.45, 2.75) is 17.9 Å². The first-order valence-electron chi connectivity index (χ1n) is 9.30. The number of primary amides is 1. The molecule has 0 aliphatic carbocycles. The third-order valence-electron chi connectivity index (χ3n) is 5.07. The molecule has 0 radical (unpaired) electrons. The quantitative estimate of drug-likeness (QED) is 0.651. The van der Waals surface area contributed by atoms with E-state index in [-0.39, 0.29) is 29.5 Å². The van der Waals surface area contributed by atoms with Crippen molar-refractivity contribution in [3.63, 3.8) is 0 Å². The SMILES string of the molecule is COc1ccc(S(=O)(=O)N2CCN([C@H](C)C(=O)Nc3sccc3C(N)=O)CC2)cc1.